The van der Waals surface area contributed by atoms with Gasteiger partial charge in [0.15, 0.2) is 10.9 Å². The van der Waals surface area contributed by atoms with Crippen LogP contribution in [0.15, 0.2) is 30.3 Å². The van der Waals surface area contributed by atoms with E-state index >= 15 is 0 Å². The second-order valence-corrected chi connectivity index (χ2v) is 4.25. The number of ether oxygens (including phenoxy) is 1. The highest BCUT2D eigenvalue weighted by Crippen LogP contribution is 2.28. The number of hydrogen-bond donors (Lipinski definition) is 0. The average molecular weight is 280 g/mol. The third-order valence-electron chi connectivity index (χ3n) is 2.37. The molecule has 0 aliphatic heterocycles. The number of nitrogens with zero attached hydrogens (tertiary/aromatic N) is 3. The zero-order valence-electron chi connectivity index (χ0n) is 10.0. The van der Waals surface area contributed by atoms with Crippen molar-refractivity contribution in [2.45, 2.75) is 13.5 Å². The largest absolute Gasteiger partial charge is 0.480 e. The highest BCUT2D eigenvalue weighted by molar-refractivity contribution is 6.29. The minimum atomic E-state index is -0.484. The lowest BCUT2D eigenvalue weighted by Crippen LogP contribution is -2.02. The van der Waals surface area contributed by atoms with Crippen molar-refractivity contribution in [2.24, 2.45) is 0 Å². The second kappa shape index (κ2) is 5.62. The lowest BCUT2D eigenvalue weighted by molar-refractivity contribution is -0.386. The number of halogens is 1. The molecule has 2 rings (SSSR count). The first-order chi connectivity index (χ1) is 9.06. The van der Waals surface area contributed by atoms with Gasteiger partial charge in [0.05, 0.1) is 4.92 Å². The van der Waals surface area contributed by atoms with E-state index in [1.165, 1.54) is 6.07 Å². The standard InChI is InChI=1S/C12H10ClN3O3/c1-8-2-4-10(16(17)18)11(6-8)19-7-9-3-5-12(13)15-14-9/h2-6H,7H2,1H3. The first kappa shape index (κ1) is 13.2. The Morgan fingerprint density at radius 3 is 2.74 bits per heavy atom. The van der Waals surface area contributed by atoms with Crippen LogP contribution < -0.4 is 4.74 Å². The highest BCUT2D eigenvalue weighted by Gasteiger charge is 2.15. The van der Waals surface area contributed by atoms with E-state index in [1.807, 2.05) is 6.92 Å². The fourth-order valence-corrected chi connectivity index (χ4v) is 1.56. The molecule has 0 fully saturated rings. The number of aromatic nitrogens is 2. The molecule has 0 radical (unpaired) electrons. The van der Waals surface area contributed by atoms with Gasteiger partial charge >= 0.3 is 5.69 Å². The Hall–Kier alpha value is -2.21. The molecule has 0 atom stereocenters. The molecule has 7 heteroatoms. The molecule has 0 bridgehead atoms. The third-order valence-corrected chi connectivity index (χ3v) is 2.58. The van der Waals surface area contributed by atoms with Gasteiger partial charge in [0.1, 0.15) is 12.3 Å². The van der Waals surface area contributed by atoms with E-state index in [9.17, 15) is 10.1 Å². The normalized spacial score (nSPS) is 10.2. The summed E-state index contributed by atoms with van der Waals surface area (Å²) < 4.78 is 5.42. The first-order valence-corrected chi connectivity index (χ1v) is 5.80. The van der Waals surface area contributed by atoms with Crippen LogP contribution >= 0.6 is 11.6 Å². The molecule has 1 aromatic carbocycles. The summed E-state index contributed by atoms with van der Waals surface area (Å²) in [5.41, 5.74) is 1.34. The second-order valence-electron chi connectivity index (χ2n) is 3.86. The van der Waals surface area contributed by atoms with Gasteiger partial charge in [-0.05, 0) is 30.7 Å². The van der Waals surface area contributed by atoms with Crippen molar-refractivity contribution < 1.29 is 9.66 Å². The van der Waals surface area contributed by atoms with Crippen LogP contribution in [0.1, 0.15) is 11.3 Å². The Kier molecular flexibility index (Phi) is 3.91. The predicted octanol–water partition coefficient (Wildman–Crippen LogP) is 2.93. The summed E-state index contributed by atoms with van der Waals surface area (Å²) in [5, 5.41) is 18.6. The summed E-state index contributed by atoms with van der Waals surface area (Å²) in [5.74, 6) is 0.210. The van der Waals surface area contributed by atoms with Crippen molar-refractivity contribution in [3.63, 3.8) is 0 Å². The van der Waals surface area contributed by atoms with Gasteiger partial charge in [-0.1, -0.05) is 17.7 Å². The van der Waals surface area contributed by atoms with E-state index in [-0.39, 0.29) is 23.2 Å². The smallest absolute Gasteiger partial charge is 0.310 e. The molecule has 0 saturated heterocycles. The summed E-state index contributed by atoms with van der Waals surface area (Å²) in [6.07, 6.45) is 0. The van der Waals surface area contributed by atoms with Crippen molar-refractivity contribution >= 4 is 17.3 Å². The Labute approximate surface area is 114 Å². The van der Waals surface area contributed by atoms with Crippen LogP contribution in [0.25, 0.3) is 0 Å². The topological polar surface area (TPSA) is 78.2 Å². The van der Waals surface area contributed by atoms with Gasteiger partial charge in [-0.15, -0.1) is 5.10 Å². The average Bonchev–Trinajstić information content (AvgIpc) is 2.38. The fourth-order valence-electron chi connectivity index (χ4n) is 1.46. The van der Waals surface area contributed by atoms with Gasteiger partial charge in [-0.3, -0.25) is 10.1 Å². The van der Waals surface area contributed by atoms with Crippen LogP contribution in [0.3, 0.4) is 0 Å². The minimum Gasteiger partial charge on any atom is -0.480 e. The molecular weight excluding hydrogens is 270 g/mol. The Morgan fingerprint density at radius 1 is 1.32 bits per heavy atom. The molecule has 0 unspecified atom stereocenters. The number of nitro groups is 1. The summed E-state index contributed by atoms with van der Waals surface area (Å²) >= 11 is 5.61. The molecule has 1 aromatic heterocycles. The maximum Gasteiger partial charge on any atom is 0.310 e. The molecule has 0 amide bonds. The van der Waals surface area contributed by atoms with Crippen LogP contribution in [-0.4, -0.2) is 15.1 Å². The number of rotatable bonds is 4. The van der Waals surface area contributed by atoms with E-state index in [2.05, 4.69) is 10.2 Å². The molecule has 0 aliphatic rings. The first-order valence-electron chi connectivity index (χ1n) is 5.42. The lowest BCUT2D eigenvalue weighted by Gasteiger charge is -2.06. The molecular formula is C12H10ClN3O3. The van der Waals surface area contributed by atoms with E-state index in [0.29, 0.717) is 5.69 Å². The number of nitro benzene ring substituents is 1. The third kappa shape index (κ3) is 3.38. The van der Waals surface area contributed by atoms with Gasteiger partial charge in [0, 0.05) is 6.07 Å². The molecule has 0 saturated carbocycles. The fraction of sp³-hybridized carbons (Fsp3) is 0.167. The van der Waals surface area contributed by atoms with Crippen molar-refractivity contribution in [1.29, 1.82) is 0 Å². The number of hydrogen-bond acceptors (Lipinski definition) is 5. The molecule has 0 spiro atoms. The maximum atomic E-state index is 10.9. The number of benzene rings is 1. The number of aryl methyl sites for hydroxylation is 1. The Bertz CT molecular complexity index is 602. The van der Waals surface area contributed by atoms with E-state index in [0.717, 1.165) is 5.56 Å². The van der Waals surface area contributed by atoms with Crippen LogP contribution in [0, 0.1) is 17.0 Å². The van der Waals surface area contributed by atoms with Crippen molar-refractivity contribution in [3.05, 3.63) is 56.9 Å². The summed E-state index contributed by atoms with van der Waals surface area (Å²) in [7, 11) is 0. The summed E-state index contributed by atoms with van der Waals surface area (Å²) in [6, 6.07) is 7.92. The van der Waals surface area contributed by atoms with Gasteiger partial charge in [0.2, 0.25) is 0 Å². The van der Waals surface area contributed by atoms with E-state index in [1.54, 1.807) is 24.3 Å². The van der Waals surface area contributed by atoms with Gasteiger partial charge in [-0.2, -0.15) is 5.10 Å². The quantitative estimate of drug-likeness (QED) is 0.635. The Morgan fingerprint density at radius 2 is 2.11 bits per heavy atom. The maximum absolute atomic E-state index is 10.9. The van der Waals surface area contributed by atoms with Crippen molar-refractivity contribution in [1.82, 2.24) is 10.2 Å². The molecule has 2 aromatic rings. The monoisotopic (exact) mass is 279 g/mol. The summed E-state index contributed by atoms with van der Waals surface area (Å²) in [6.45, 7) is 1.92. The van der Waals surface area contributed by atoms with E-state index < -0.39 is 4.92 Å². The predicted molar refractivity (Wildman–Crippen MR) is 69.2 cm³/mol. The van der Waals surface area contributed by atoms with Crippen LogP contribution in [-0.2, 0) is 6.61 Å². The SMILES string of the molecule is Cc1ccc([N+](=O)[O-])c(OCc2ccc(Cl)nn2)c1. The molecule has 98 valence electrons. The summed E-state index contributed by atoms with van der Waals surface area (Å²) in [4.78, 5) is 10.4. The zero-order valence-corrected chi connectivity index (χ0v) is 10.8. The van der Waals surface area contributed by atoms with Gasteiger partial charge in [-0.25, -0.2) is 0 Å². The van der Waals surface area contributed by atoms with Gasteiger partial charge in [0.25, 0.3) is 0 Å². The molecule has 0 N–H and O–H groups in total. The highest BCUT2D eigenvalue weighted by atomic mass is 35.5. The Balaban J connectivity index is 2.16. The molecule has 19 heavy (non-hydrogen) atoms. The minimum absolute atomic E-state index is 0.0764. The van der Waals surface area contributed by atoms with Crippen molar-refractivity contribution in [3.8, 4) is 5.75 Å². The van der Waals surface area contributed by atoms with Crippen LogP contribution in [0.2, 0.25) is 5.15 Å². The molecule has 0 aliphatic carbocycles. The lowest BCUT2D eigenvalue weighted by atomic mass is 10.2. The molecule has 6 nitrogen and oxygen atoms in total. The van der Waals surface area contributed by atoms with Gasteiger partial charge < -0.3 is 4.74 Å². The van der Waals surface area contributed by atoms with Crippen molar-refractivity contribution in [2.75, 3.05) is 0 Å². The zero-order chi connectivity index (χ0) is 13.8. The molecule has 1 heterocycles. The van der Waals surface area contributed by atoms with Crippen LogP contribution in [0.4, 0.5) is 5.69 Å². The van der Waals surface area contributed by atoms with E-state index in [4.69, 9.17) is 16.3 Å². The van der Waals surface area contributed by atoms with Crippen LogP contribution in [0.5, 0.6) is 5.75 Å².